The van der Waals surface area contributed by atoms with Crippen molar-refractivity contribution in [1.82, 2.24) is 24.5 Å². The van der Waals surface area contributed by atoms with E-state index in [1.165, 1.54) is 6.26 Å². The number of fused-ring (bicyclic) bond motifs is 3. The number of rotatable bonds is 5. The van der Waals surface area contributed by atoms with Crippen LogP contribution in [0, 0.1) is 12.8 Å². The Bertz CT molecular complexity index is 1700. The quantitative estimate of drug-likeness (QED) is 0.337. The SMILES string of the molecule is Cc1nnn(C)c1-c1cnc2c3cccc(S(C)(=O)=O)c3n(C(c3ccccc3)C3CCOCC3)c2c1. The first-order chi connectivity index (χ1) is 17.8. The molecule has 0 N–H and O–H groups in total. The average molecular weight is 516 g/mol. The maximum absolute atomic E-state index is 13.1. The number of nitrogens with zero attached hydrogens (tertiary/aromatic N) is 5. The normalized spacial score (nSPS) is 16.0. The summed E-state index contributed by atoms with van der Waals surface area (Å²) in [6.07, 6.45) is 4.88. The molecule has 0 amide bonds. The third-order valence-corrected chi connectivity index (χ3v) is 8.55. The minimum absolute atomic E-state index is 0.0872. The largest absolute Gasteiger partial charge is 0.381 e. The van der Waals surface area contributed by atoms with Crippen molar-refractivity contribution in [2.75, 3.05) is 19.5 Å². The number of pyridine rings is 1. The summed E-state index contributed by atoms with van der Waals surface area (Å²) in [5.41, 5.74) is 6.10. The summed E-state index contributed by atoms with van der Waals surface area (Å²) in [5, 5.41) is 9.24. The summed E-state index contributed by atoms with van der Waals surface area (Å²) in [5.74, 6) is 0.270. The van der Waals surface area contributed by atoms with Crippen LogP contribution in [0.4, 0.5) is 0 Å². The van der Waals surface area contributed by atoms with E-state index in [4.69, 9.17) is 9.72 Å². The van der Waals surface area contributed by atoms with Gasteiger partial charge in [0.1, 0.15) is 0 Å². The molecule has 37 heavy (non-hydrogen) atoms. The fraction of sp³-hybridized carbons (Fsp3) is 0.321. The summed E-state index contributed by atoms with van der Waals surface area (Å²) in [4.78, 5) is 5.22. The van der Waals surface area contributed by atoms with Crippen LogP contribution >= 0.6 is 0 Å². The van der Waals surface area contributed by atoms with E-state index in [1.807, 2.05) is 44.4 Å². The molecule has 6 rings (SSSR count). The number of sulfone groups is 1. The van der Waals surface area contributed by atoms with Gasteiger partial charge in [-0.1, -0.05) is 47.7 Å². The molecule has 0 radical (unpaired) electrons. The van der Waals surface area contributed by atoms with Crippen LogP contribution < -0.4 is 0 Å². The summed E-state index contributed by atoms with van der Waals surface area (Å²) in [6, 6.07) is 17.9. The van der Waals surface area contributed by atoms with Gasteiger partial charge >= 0.3 is 0 Å². The van der Waals surface area contributed by atoms with Gasteiger partial charge in [0.2, 0.25) is 0 Å². The van der Waals surface area contributed by atoms with E-state index in [2.05, 4.69) is 33.1 Å². The number of benzene rings is 2. The molecule has 4 heterocycles. The molecule has 5 aromatic rings. The highest BCUT2D eigenvalue weighted by Gasteiger charge is 2.32. The molecule has 1 fully saturated rings. The Morgan fingerprint density at radius 3 is 2.49 bits per heavy atom. The van der Waals surface area contributed by atoms with E-state index < -0.39 is 9.84 Å². The topological polar surface area (TPSA) is 91.9 Å². The summed E-state index contributed by atoms with van der Waals surface area (Å²) in [7, 11) is -1.64. The average Bonchev–Trinajstić information content (AvgIpc) is 3.41. The molecule has 3 aromatic heterocycles. The first-order valence-electron chi connectivity index (χ1n) is 12.5. The molecular formula is C28H29N5O3S. The van der Waals surface area contributed by atoms with E-state index in [-0.39, 0.29) is 12.0 Å². The molecule has 0 spiro atoms. The van der Waals surface area contributed by atoms with Crippen LogP contribution in [0.25, 0.3) is 33.2 Å². The molecule has 8 nitrogen and oxygen atoms in total. The molecule has 0 bridgehead atoms. The van der Waals surface area contributed by atoms with Gasteiger partial charge in [0.05, 0.1) is 38.9 Å². The predicted molar refractivity (Wildman–Crippen MR) is 143 cm³/mol. The maximum Gasteiger partial charge on any atom is 0.177 e. The lowest BCUT2D eigenvalue weighted by molar-refractivity contribution is 0.0552. The minimum atomic E-state index is -3.51. The van der Waals surface area contributed by atoms with Gasteiger partial charge in [0.25, 0.3) is 0 Å². The lowest BCUT2D eigenvalue weighted by Crippen LogP contribution is -2.27. The van der Waals surface area contributed by atoms with Crippen molar-refractivity contribution in [2.45, 2.75) is 30.7 Å². The highest BCUT2D eigenvalue weighted by atomic mass is 32.2. The molecule has 0 saturated carbocycles. The minimum Gasteiger partial charge on any atom is -0.381 e. The van der Waals surface area contributed by atoms with Crippen molar-refractivity contribution in [3.63, 3.8) is 0 Å². The fourth-order valence-corrected chi connectivity index (χ4v) is 6.70. The van der Waals surface area contributed by atoms with Gasteiger partial charge in [0.15, 0.2) is 9.84 Å². The van der Waals surface area contributed by atoms with Gasteiger partial charge in [-0.15, -0.1) is 5.10 Å². The zero-order valence-electron chi connectivity index (χ0n) is 21.1. The Morgan fingerprint density at radius 1 is 1.05 bits per heavy atom. The smallest absolute Gasteiger partial charge is 0.177 e. The second kappa shape index (κ2) is 9.08. The Balaban J connectivity index is 1.75. The third-order valence-electron chi connectivity index (χ3n) is 7.42. The van der Waals surface area contributed by atoms with Crippen molar-refractivity contribution < 1.29 is 13.2 Å². The Labute approximate surface area is 215 Å². The molecule has 1 aliphatic heterocycles. The first-order valence-corrected chi connectivity index (χ1v) is 14.4. The first kappa shape index (κ1) is 23.8. The molecule has 1 saturated heterocycles. The second-order valence-corrected chi connectivity index (χ2v) is 11.8. The van der Waals surface area contributed by atoms with E-state index in [0.717, 1.165) is 51.8 Å². The summed E-state index contributed by atoms with van der Waals surface area (Å²) >= 11 is 0. The highest BCUT2D eigenvalue weighted by Crippen LogP contribution is 2.42. The lowest BCUT2D eigenvalue weighted by atomic mass is 9.86. The van der Waals surface area contributed by atoms with Gasteiger partial charge in [-0.25, -0.2) is 13.1 Å². The summed E-state index contributed by atoms with van der Waals surface area (Å²) < 4.78 is 35.9. The third kappa shape index (κ3) is 4.02. The summed E-state index contributed by atoms with van der Waals surface area (Å²) in [6.45, 7) is 3.31. The molecule has 1 aliphatic rings. The van der Waals surface area contributed by atoms with Crippen molar-refractivity contribution in [1.29, 1.82) is 0 Å². The van der Waals surface area contributed by atoms with Gasteiger partial charge in [-0.2, -0.15) is 0 Å². The van der Waals surface area contributed by atoms with Gasteiger partial charge < -0.3 is 9.30 Å². The van der Waals surface area contributed by atoms with E-state index in [1.54, 1.807) is 16.8 Å². The van der Waals surface area contributed by atoms with Gasteiger partial charge in [-0.3, -0.25) is 4.98 Å². The number of aromatic nitrogens is 5. The van der Waals surface area contributed by atoms with Crippen molar-refractivity contribution in [2.24, 2.45) is 13.0 Å². The predicted octanol–water partition coefficient (Wildman–Crippen LogP) is 4.71. The molecule has 190 valence electrons. The van der Waals surface area contributed by atoms with Crippen LogP contribution in [0.1, 0.15) is 30.1 Å². The molecular weight excluding hydrogens is 486 g/mol. The van der Waals surface area contributed by atoms with Gasteiger partial charge in [0, 0.05) is 43.7 Å². The molecule has 2 aromatic carbocycles. The van der Waals surface area contributed by atoms with Crippen LogP contribution in [0.3, 0.4) is 0 Å². The number of hydrogen-bond acceptors (Lipinski definition) is 6. The van der Waals surface area contributed by atoms with Gasteiger partial charge in [-0.05, 0) is 43.4 Å². The van der Waals surface area contributed by atoms with E-state index >= 15 is 0 Å². The van der Waals surface area contributed by atoms with Crippen LogP contribution in [0.15, 0.2) is 65.7 Å². The molecule has 9 heteroatoms. The second-order valence-electron chi connectivity index (χ2n) is 9.84. The molecule has 1 unspecified atom stereocenters. The monoisotopic (exact) mass is 515 g/mol. The van der Waals surface area contributed by atoms with Crippen LogP contribution in [0.2, 0.25) is 0 Å². The lowest BCUT2D eigenvalue weighted by Gasteiger charge is -2.33. The van der Waals surface area contributed by atoms with Crippen LogP contribution in [0.5, 0.6) is 0 Å². The Hall–Kier alpha value is -3.56. The Kier molecular flexibility index (Phi) is 5.84. The number of aryl methyl sites for hydroxylation is 2. The van der Waals surface area contributed by atoms with Crippen LogP contribution in [-0.2, 0) is 21.6 Å². The number of para-hydroxylation sites is 1. The highest BCUT2D eigenvalue weighted by molar-refractivity contribution is 7.91. The van der Waals surface area contributed by atoms with Crippen LogP contribution in [-0.4, -0.2) is 52.4 Å². The number of hydrogen-bond donors (Lipinski definition) is 0. The van der Waals surface area contributed by atoms with Crippen molar-refractivity contribution >= 4 is 31.8 Å². The standard InChI is InChI=1S/C28H29N5O3S/c1-18-26(32(2)31-30-18)21-16-23-25(29-17-21)22-10-7-11-24(37(3,34)35)28(22)33(23)27(19-8-5-4-6-9-19)20-12-14-36-15-13-20/h4-11,16-17,20,27H,12-15H2,1-3H3. The zero-order chi connectivity index (χ0) is 25.7. The van der Waals surface area contributed by atoms with E-state index in [9.17, 15) is 8.42 Å². The molecule has 0 aliphatic carbocycles. The van der Waals surface area contributed by atoms with Crippen molar-refractivity contribution in [3.05, 3.63) is 72.1 Å². The fourth-order valence-electron chi connectivity index (χ4n) is 5.81. The van der Waals surface area contributed by atoms with Crippen molar-refractivity contribution in [3.8, 4) is 11.3 Å². The van der Waals surface area contributed by atoms with E-state index in [0.29, 0.717) is 23.6 Å². The Morgan fingerprint density at radius 2 is 1.81 bits per heavy atom. The maximum atomic E-state index is 13.1. The number of ether oxygens (including phenoxy) is 1. The zero-order valence-corrected chi connectivity index (χ0v) is 21.9. The molecule has 1 atom stereocenters.